The van der Waals surface area contributed by atoms with Gasteiger partial charge < -0.3 is 10.2 Å². The second-order valence-corrected chi connectivity index (χ2v) is 7.21. The van der Waals surface area contributed by atoms with Crippen LogP contribution in [0.2, 0.25) is 0 Å². The van der Waals surface area contributed by atoms with Gasteiger partial charge in [-0.05, 0) is 56.0 Å². The molecular formula is C16H21BrClFN2O. The summed E-state index contributed by atoms with van der Waals surface area (Å²) in [6, 6.07) is 4.85. The molecule has 1 aliphatic carbocycles. The molecule has 3 nitrogen and oxygen atoms in total. The van der Waals surface area contributed by atoms with Gasteiger partial charge in [0.2, 0.25) is 5.91 Å². The van der Waals surface area contributed by atoms with Crippen LogP contribution in [0.15, 0.2) is 22.7 Å². The van der Waals surface area contributed by atoms with Crippen molar-refractivity contribution in [2.75, 3.05) is 20.1 Å². The van der Waals surface area contributed by atoms with E-state index in [1.54, 1.807) is 24.1 Å². The van der Waals surface area contributed by atoms with Crippen LogP contribution in [-0.4, -0.2) is 30.9 Å². The van der Waals surface area contributed by atoms with Crippen LogP contribution in [0.25, 0.3) is 0 Å². The summed E-state index contributed by atoms with van der Waals surface area (Å²) >= 11 is 3.34. The van der Waals surface area contributed by atoms with Crippen molar-refractivity contribution in [1.29, 1.82) is 0 Å². The summed E-state index contributed by atoms with van der Waals surface area (Å²) < 4.78 is 14.6. The Morgan fingerprint density at radius 3 is 2.82 bits per heavy atom. The zero-order valence-corrected chi connectivity index (χ0v) is 15.0. The van der Waals surface area contributed by atoms with Crippen LogP contribution < -0.4 is 5.32 Å². The molecule has 1 aromatic rings. The predicted molar refractivity (Wildman–Crippen MR) is 90.5 cm³/mol. The fourth-order valence-electron chi connectivity index (χ4n) is 3.44. The molecule has 1 heterocycles. The van der Waals surface area contributed by atoms with Crippen LogP contribution in [0, 0.1) is 17.2 Å². The van der Waals surface area contributed by atoms with E-state index in [2.05, 4.69) is 21.2 Å². The molecule has 1 aromatic carbocycles. The normalized spacial score (nSPS) is 22.0. The third-order valence-electron chi connectivity index (χ3n) is 4.88. The standard InChI is InChI=1S/C16H20BrFN2O.ClH/c1-20(10-11-8-12(17)2-3-14(11)18)15(21)13-9-16(13)4-6-19-7-5-16;/h2-3,8,13,19H,4-7,9-10H2,1H3;1H. The minimum Gasteiger partial charge on any atom is -0.341 e. The Morgan fingerprint density at radius 2 is 2.14 bits per heavy atom. The Labute approximate surface area is 145 Å². The molecule has 1 amide bonds. The number of piperidine rings is 1. The van der Waals surface area contributed by atoms with Crippen LogP contribution >= 0.6 is 28.3 Å². The number of amides is 1. The number of nitrogens with one attached hydrogen (secondary N) is 1. The fourth-order valence-corrected chi connectivity index (χ4v) is 3.85. The van der Waals surface area contributed by atoms with E-state index in [0.717, 1.165) is 36.8 Å². The average Bonchev–Trinajstić information content (AvgIpc) is 3.16. The topological polar surface area (TPSA) is 32.3 Å². The first-order chi connectivity index (χ1) is 10.0. The number of nitrogens with zero attached hydrogens (tertiary/aromatic N) is 1. The summed E-state index contributed by atoms with van der Waals surface area (Å²) in [5.74, 6) is 0.0429. The monoisotopic (exact) mass is 390 g/mol. The molecule has 1 atom stereocenters. The van der Waals surface area contributed by atoms with E-state index < -0.39 is 0 Å². The summed E-state index contributed by atoms with van der Waals surface area (Å²) in [4.78, 5) is 14.2. The van der Waals surface area contributed by atoms with Crippen molar-refractivity contribution in [2.24, 2.45) is 11.3 Å². The summed E-state index contributed by atoms with van der Waals surface area (Å²) in [6.07, 6.45) is 3.17. The number of hydrogen-bond donors (Lipinski definition) is 1. The van der Waals surface area contributed by atoms with Gasteiger partial charge in [0.1, 0.15) is 5.82 Å². The smallest absolute Gasteiger partial charge is 0.226 e. The van der Waals surface area contributed by atoms with E-state index in [1.807, 2.05) is 0 Å². The molecule has 3 rings (SSSR count). The zero-order chi connectivity index (χ0) is 15.0. The molecule has 1 spiro atoms. The minimum atomic E-state index is -0.259. The maximum atomic E-state index is 13.8. The van der Waals surface area contributed by atoms with Gasteiger partial charge in [-0.15, -0.1) is 12.4 Å². The molecule has 2 aliphatic rings. The van der Waals surface area contributed by atoms with Crippen LogP contribution in [-0.2, 0) is 11.3 Å². The van der Waals surface area contributed by atoms with Gasteiger partial charge in [-0.1, -0.05) is 15.9 Å². The van der Waals surface area contributed by atoms with Gasteiger partial charge >= 0.3 is 0 Å². The Balaban J connectivity index is 0.00000176. The first-order valence-electron chi connectivity index (χ1n) is 7.41. The van der Waals surface area contributed by atoms with E-state index in [-0.39, 0.29) is 35.5 Å². The first kappa shape index (κ1) is 17.7. The van der Waals surface area contributed by atoms with Gasteiger partial charge in [0.05, 0.1) is 0 Å². The largest absolute Gasteiger partial charge is 0.341 e. The van der Waals surface area contributed by atoms with Crippen LogP contribution in [0.5, 0.6) is 0 Å². The van der Waals surface area contributed by atoms with Crippen molar-refractivity contribution >= 4 is 34.2 Å². The van der Waals surface area contributed by atoms with Crippen molar-refractivity contribution in [1.82, 2.24) is 10.2 Å². The lowest BCUT2D eigenvalue weighted by atomic mass is 9.91. The maximum absolute atomic E-state index is 13.8. The highest BCUT2D eigenvalue weighted by Gasteiger charge is 2.58. The molecule has 22 heavy (non-hydrogen) atoms. The maximum Gasteiger partial charge on any atom is 0.226 e. The van der Waals surface area contributed by atoms with Gasteiger partial charge in [-0.3, -0.25) is 4.79 Å². The van der Waals surface area contributed by atoms with Gasteiger partial charge in [0, 0.05) is 29.5 Å². The second-order valence-electron chi connectivity index (χ2n) is 6.30. The summed E-state index contributed by atoms with van der Waals surface area (Å²) in [5, 5.41) is 3.34. The number of hydrogen-bond acceptors (Lipinski definition) is 2. The van der Waals surface area contributed by atoms with Crippen LogP contribution in [0.4, 0.5) is 4.39 Å². The molecule has 2 fully saturated rings. The number of halogens is 3. The number of carbonyl (C=O) groups excluding carboxylic acids is 1. The molecule has 6 heteroatoms. The van der Waals surface area contributed by atoms with Crippen molar-refractivity contribution in [3.05, 3.63) is 34.1 Å². The predicted octanol–water partition coefficient (Wildman–Crippen LogP) is 3.36. The van der Waals surface area contributed by atoms with Gasteiger partial charge in [-0.25, -0.2) is 4.39 Å². The molecule has 1 N–H and O–H groups in total. The van der Waals surface area contributed by atoms with Gasteiger partial charge in [-0.2, -0.15) is 0 Å². The Morgan fingerprint density at radius 1 is 1.45 bits per heavy atom. The zero-order valence-electron chi connectivity index (χ0n) is 12.6. The lowest BCUT2D eigenvalue weighted by Crippen LogP contribution is -2.34. The Kier molecular flexibility index (Phi) is 5.51. The van der Waals surface area contributed by atoms with E-state index >= 15 is 0 Å². The number of carbonyl (C=O) groups is 1. The number of benzene rings is 1. The lowest BCUT2D eigenvalue weighted by molar-refractivity contribution is -0.132. The van der Waals surface area contributed by atoms with E-state index in [4.69, 9.17) is 0 Å². The quantitative estimate of drug-likeness (QED) is 0.857. The molecule has 122 valence electrons. The van der Waals surface area contributed by atoms with Crippen molar-refractivity contribution in [2.45, 2.75) is 25.8 Å². The SMILES string of the molecule is CN(Cc1cc(Br)ccc1F)C(=O)C1CC12CCNCC2.Cl. The Hall–Kier alpha value is -0.650. The highest BCUT2D eigenvalue weighted by molar-refractivity contribution is 9.10. The fraction of sp³-hybridized carbons (Fsp3) is 0.562. The molecule has 0 bridgehead atoms. The average molecular weight is 392 g/mol. The molecule has 1 unspecified atom stereocenters. The van der Waals surface area contributed by atoms with Gasteiger partial charge in [0.15, 0.2) is 0 Å². The van der Waals surface area contributed by atoms with E-state index in [0.29, 0.717) is 12.1 Å². The van der Waals surface area contributed by atoms with Gasteiger partial charge in [0.25, 0.3) is 0 Å². The van der Waals surface area contributed by atoms with E-state index in [9.17, 15) is 9.18 Å². The Bertz CT molecular complexity index is 563. The first-order valence-corrected chi connectivity index (χ1v) is 8.21. The highest BCUT2D eigenvalue weighted by atomic mass is 79.9. The van der Waals surface area contributed by atoms with Crippen molar-refractivity contribution in [3.63, 3.8) is 0 Å². The lowest BCUT2D eigenvalue weighted by Gasteiger charge is -2.25. The summed E-state index contributed by atoms with van der Waals surface area (Å²) in [5.41, 5.74) is 0.784. The molecule has 1 saturated heterocycles. The molecule has 0 aromatic heterocycles. The second kappa shape index (κ2) is 6.85. The molecule has 1 saturated carbocycles. The molecule has 1 aliphatic heterocycles. The van der Waals surface area contributed by atoms with Crippen LogP contribution in [0.1, 0.15) is 24.8 Å². The minimum absolute atomic E-state index is 0. The third-order valence-corrected chi connectivity index (χ3v) is 5.37. The van der Waals surface area contributed by atoms with Crippen molar-refractivity contribution < 1.29 is 9.18 Å². The van der Waals surface area contributed by atoms with Crippen LogP contribution in [0.3, 0.4) is 0 Å². The summed E-state index contributed by atoms with van der Waals surface area (Å²) in [6.45, 7) is 2.34. The third kappa shape index (κ3) is 3.47. The van der Waals surface area contributed by atoms with Crippen molar-refractivity contribution in [3.8, 4) is 0 Å². The highest BCUT2D eigenvalue weighted by Crippen LogP contribution is 2.59. The number of rotatable bonds is 3. The molecule has 0 radical (unpaired) electrons. The van der Waals surface area contributed by atoms with E-state index in [1.165, 1.54) is 6.07 Å². The molecular weight excluding hydrogens is 371 g/mol. The summed E-state index contributed by atoms with van der Waals surface area (Å²) in [7, 11) is 1.77.